The molecule has 5 nitrogen and oxygen atoms in total. The fourth-order valence-electron chi connectivity index (χ4n) is 2.07. The summed E-state index contributed by atoms with van der Waals surface area (Å²) >= 11 is 0. The van der Waals surface area contributed by atoms with Gasteiger partial charge in [-0.25, -0.2) is 0 Å². The fraction of sp³-hybridized carbons (Fsp3) is 0.105. The maximum absolute atomic E-state index is 12.2. The molecule has 1 unspecified atom stereocenters. The van der Waals surface area contributed by atoms with Gasteiger partial charge in [-0.05, 0) is 24.6 Å². The predicted octanol–water partition coefficient (Wildman–Crippen LogP) is 3.26. The molecule has 0 saturated heterocycles. The van der Waals surface area contributed by atoms with Crippen LogP contribution in [0, 0.1) is 22.7 Å². The van der Waals surface area contributed by atoms with Gasteiger partial charge in [0.1, 0.15) is 17.7 Å². The van der Waals surface area contributed by atoms with Crippen LogP contribution in [0.5, 0.6) is 0 Å². The highest BCUT2D eigenvalue weighted by Gasteiger charge is 2.12. The Morgan fingerprint density at radius 1 is 1.08 bits per heavy atom. The van der Waals surface area contributed by atoms with Crippen LogP contribution in [0.4, 0.5) is 5.69 Å². The zero-order valence-electron chi connectivity index (χ0n) is 13.2. The van der Waals surface area contributed by atoms with Crippen LogP contribution >= 0.6 is 0 Å². The van der Waals surface area contributed by atoms with Gasteiger partial charge in [0.15, 0.2) is 0 Å². The third-order valence-corrected chi connectivity index (χ3v) is 3.44. The molecule has 1 amide bonds. The number of carbonyl (C=O) groups excluding carboxylic acids is 1. The first-order valence-corrected chi connectivity index (χ1v) is 7.37. The molecule has 0 aromatic heterocycles. The van der Waals surface area contributed by atoms with Crippen LogP contribution < -0.4 is 10.6 Å². The van der Waals surface area contributed by atoms with E-state index in [4.69, 9.17) is 5.26 Å². The van der Waals surface area contributed by atoms with Crippen molar-refractivity contribution in [3.8, 4) is 12.1 Å². The van der Waals surface area contributed by atoms with Crippen molar-refractivity contribution < 1.29 is 4.79 Å². The molecule has 0 fully saturated rings. The summed E-state index contributed by atoms with van der Waals surface area (Å²) in [6, 6.07) is 20.1. The minimum absolute atomic E-state index is 0.0475. The highest BCUT2D eigenvalue weighted by molar-refractivity contribution is 6.07. The Morgan fingerprint density at radius 2 is 1.75 bits per heavy atom. The lowest BCUT2D eigenvalue weighted by Crippen LogP contribution is -2.19. The van der Waals surface area contributed by atoms with E-state index in [-0.39, 0.29) is 11.6 Å². The fourth-order valence-corrected chi connectivity index (χ4v) is 2.07. The van der Waals surface area contributed by atoms with Gasteiger partial charge in [-0.1, -0.05) is 42.5 Å². The van der Waals surface area contributed by atoms with Crippen molar-refractivity contribution in [2.45, 2.75) is 13.0 Å². The molecule has 0 aliphatic carbocycles. The maximum Gasteiger partial charge on any atom is 0.267 e. The van der Waals surface area contributed by atoms with Gasteiger partial charge in [0.25, 0.3) is 5.91 Å². The average Bonchev–Trinajstić information content (AvgIpc) is 2.63. The molecule has 0 bridgehead atoms. The number of carbonyl (C=O) groups is 1. The van der Waals surface area contributed by atoms with Crippen LogP contribution in [0.25, 0.3) is 0 Å². The van der Waals surface area contributed by atoms with Gasteiger partial charge in [0.05, 0.1) is 11.3 Å². The summed E-state index contributed by atoms with van der Waals surface area (Å²) in [6.07, 6.45) is 1.39. The van der Waals surface area contributed by atoms with Crippen molar-refractivity contribution in [1.29, 1.82) is 10.5 Å². The molecule has 118 valence electrons. The summed E-state index contributed by atoms with van der Waals surface area (Å²) in [5, 5.41) is 23.9. The highest BCUT2D eigenvalue weighted by atomic mass is 16.1. The van der Waals surface area contributed by atoms with Crippen molar-refractivity contribution in [2.24, 2.45) is 0 Å². The lowest BCUT2D eigenvalue weighted by atomic mass is 10.1. The molecule has 2 aromatic rings. The van der Waals surface area contributed by atoms with Crippen molar-refractivity contribution in [1.82, 2.24) is 5.32 Å². The molecule has 24 heavy (non-hydrogen) atoms. The van der Waals surface area contributed by atoms with E-state index >= 15 is 0 Å². The number of benzene rings is 2. The molecular weight excluding hydrogens is 300 g/mol. The number of anilines is 1. The second-order valence-electron chi connectivity index (χ2n) is 5.08. The van der Waals surface area contributed by atoms with Crippen LogP contribution in [-0.2, 0) is 4.79 Å². The first-order chi connectivity index (χ1) is 11.7. The lowest BCUT2D eigenvalue weighted by Gasteiger charge is -2.12. The van der Waals surface area contributed by atoms with Gasteiger partial charge >= 0.3 is 0 Å². The number of para-hydroxylation sites is 1. The quantitative estimate of drug-likeness (QED) is 0.654. The van der Waals surface area contributed by atoms with Crippen LogP contribution in [-0.4, -0.2) is 5.91 Å². The number of amides is 1. The predicted molar refractivity (Wildman–Crippen MR) is 91.5 cm³/mol. The summed E-state index contributed by atoms with van der Waals surface area (Å²) in [6.45, 7) is 1.93. The minimum Gasteiger partial charge on any atom is -0.383 e. The molecular formula is C19H16N4O. The molecule has 2 N–H and O–H groups in total. The average molecular weight is 316 g/mol. The first kappa shape index (κ1) is 16.8. The van der Waals surface area contributed by atoms with E-state index in [1.54, 1.807) is 24.3 Å². The molecule has 0 aliphatic heterocycles. The molecule has 0 spiro atoms. The van der Waals surface area contributed by atoms with E-state index < -0.39 is 5.91 Å². The van der Waals surface area contributed by atoms with Crippen LogP contribution in [0.3, 0.4) is 0 Å². The molecule has 2 aromatic carbocycles. The standard InChI is InChI=1S/C19H16N4O/c1-14(15-7-3-2-4-8-15)22-13-17(12-21)19(24)23-18-10-6-5-9-16(18)11-20/h2-10,13-14,22H,1H3,(H,23,24)/b17-13-. The summed E-state index contributed by atoms with van der Waals surface area (Å²) < 4.78 is 0. The number of hydrogen-bond donors (Lipinski definition) is 2. The third-order valence-electron chi connectivity index (χ3n) is 3.44. The Morgan fingerprint density at radius 3 is 2.42 bits per heavy atom. The van der Waals surface area contributed by atoms with Crippen molar-refractivity contribution >= 4 is 11.6 Å². The normalized spacial score (nSPS) is 11.7. The zero-order chi connectivity index (χ0) is 17.4. The Bertz CT molecular complexity index is 828. The summed E-state index contributed by atoms with van der Waals surface area (Å²) in [7, 11) is 0. The summed E-state index contributed by atoms with van der Waals surface area (Å²) in [5.41, 5.74) is 1.70. The molecule has 0 radical (unpaired) electrons. The number of rotatable bonds is 5. The minimum atomic E-state index is -0.562. The summed E-state index contributed by atoms with van der Waals surface area (Å²) in [4.78, 5) is 12.2. The number of hydrogen-bond acceptors (Lipinski definition) is 4. The van der Waals surface area contributed by atoms with E-state index in [1.165, 1.54) is 6.20 Å². The Hall–Kier alpha value is -3.57. The molecule has 1 atom stereocenters. The van der Waals surface area contributed by atoms with Crippen molar-refractivity contribution in [3.63, 3.8) is 0 Å². The largest absolute Gasteiger partial charge is 0.383 e. The second kappa shape index (κ2) is 8.17. The number of nitrogens with zero attached hydrogens (tertiary/aromatic N) is 2. The van der Waals surface area contributed by atoms with E-state index in [0.29, 0.717) is 11.3 Å². The maximum atomic E-state index is 12.2. The van der Waals surface area contributed by atoms with Crippen LogP contribution in [0.15, 0.2) is 66.4 Å². The van der Waals surface area contributed by atoms with E-state index in [1.807, 2.05) is 49.4 Å². The molecule has 0 saturated carbocycles. The Labute approximate surface area is 140 Å². The molecule has 5 heteroatoms. The third kappa shape index (κ3) is 4.22. The monoisotopic (exact) mass is 316 g/mol. The van der Waals surface area contributed by atoms with Gasteiger partial charge in [-0.2, -0.15) is 10.5 Å². The first-order valence-electron chi connectivity index (χ1n) is 7.37. The van der Waals surface area contributed by atoms with Gasteiger partial charge < -0.3 is 10.6 Å². The smallest absolute Gasteiger partial charge is 0.267 e. The van der Waals surface area contributed by atoms with Crippen LogP contribution in [0.1, 0.15) is 24.1 Å². The zero-order valence-corrected chi connectivity index (χ0v) is 13.2. The van der Waals surface area contributed by atoms with Gasteiger partial charge in [0, 0.05) is 12.2 Å². The topological polar surface area (TPSA) is 88.7 Å². The highest BCUT2D eigenvalue weighted by Crippen LogP contribution is 2.15. The van der Waals surface area contributed by atoms with E-state index in [9.17, 15) is 10.1 Å². The number of nitrogens with one attached hydrogen (secondary N) is 2. The number of nitriles is 2. The van der Waals surface area contributed by atoms with Crippen molar-refractivity contribution in [2.75, 3.05) is 5.32 Å². The van der Waals surface area contributed by atoms with E-state index in [2.05, 4.69) is 10.6 Å². The molecule has 0 heterocycles. The van der Waals surface area contributed by atoms with E-state index in [0.717, 1.165) is 5.56 Å². The van der Waals surface area contributed by atoms with Gasteiger partial charge in [-0.15, -0.1) is 0 Å². The lowest BCUT2D eigenvalue weighted by molar-refractivity contribution is -0.112. The van der Waals surface area contributed by atoms with Crippen molar-refractivity contribution in [3.05, 3.63) is 77.5 Å². The van der Waals surface area contributed by atoms with Gasteiger partial charge in [-0.3, -0.25) is 4.79 Å². The Kier molecular flexibility index (Phi) is 5.71. The van der Waals surface area contributed by atoms with Crippen LogP contribution in [0.2, 0.25) is 0 Å². The molecule has 2 rings (SSSR count). The SMILES string of the molecule is CC(N/C=C(/C#N)C(=O)Nc1ccccc1C#N)c1ccccc1. The second-order valence-corrected chi connectivity index (χ2v) is 5.08. The summed E-state index contributed by atoms with van der Waals surface area (Å²) in [5.74, 6) is -0.562. The molecule has 0 aliphatic rings. The Balaban J connectivity index is 2.09. The van der Waals surface area contributed by atoms with Gasteiger partial charge in [0.2, 0.25) is 0 Å².